The summed E-state index contributed by atoms with van der Waals surface area (Å²) in [6.07, 6.45) is 38.2. The highest BCUT2D eigenvalue weighted by Crippen LogP contribution is 2.63. The van der Waals surface area contributed by atoms with Crippen LogP contribution in [0.5, 0.6) is 0 Å². The van der Waals surface area contributed by atoms with E-state index in [0.717, 1.165) is 175 Å². The van der Waals surface area contributed by atoms with E-state index >= 15 is 0 Å². The van der Waals surface area contributed by atoms with Gasteiger partial charge in [-0.15, -0.1) is 11.3 Å². The number of hydrogen-bond donors (Lipinski definition) is 1. The lowest BCUT2D eigenvalue weighted by Crippen LogP contribution is -2.51. The second kappa shape index (κ2) is 38.1. The first-order chi connectivity index (χ1) is 67.2. The zero-order valence-electron chi connectivity index (χ0n) is 81.6. The standard InChI is InChI=1S/C19H19FN2O3.2C19H23NO4.C19H23NO3.C18H20FNO3.C16H19NO3S/c1-18(20)8-11-6-7-15-19(11,12(9-18)17(23)25-15)24-10-16-21-13-4-2-3-5-14(13)22-16;1-12-4-5-13(10-20-12)11-23-19-14-6-7-16(19)24-17(21)15(19)9-18(2,8-14)22-3;1-18(22-2)10-14-5-6-16-19(14,15(11-18)17(21)24-16)23-9-7-13-4-3-8-20-12-13;1-12-10-14-6-7-17-19(14,16(11-12)18(21)23-17)22-9-8-15-5-3-4-13(2)20-15;1-17(19)9-13-4-5-15-18(13,14(10-17)16(21)23-15)22-8-6-12-3-2-7-20-11-12;1-9-5-11-3-4-14-16(11,13(6-9)15(18)20-14)19-8-12-7-17-10(2)21-12/h2-5,9,11,15H,6-8,10H2,1H3,(H,21,22);4-5,9-10,14,16H,6-8,11H2,1-3H3;3-4,8,11-12,14,16H,5-7,9-10H2,1-2H3;3-5,11-12,14,17H,6-10H2,1-2H3;2-3,7,10-11,13,15H,4-6,8-9H2,1H3;6-7,9,11,14H,3-5,8H2,1-2H3/t11?,15-,18+,19+;2*14?,16-,18+,19+;12-,14?,17+,19-;13?,15-,17+,18+;9-,11?,14+,16-/m111010/s1. The van der Waals surface area contributed by atoms with Gasteiger partial charge in [-0.2, -0.15) is 0 Å². The van der Waals surface area contributed by atoms with Crippen LogP contribution in [0.2, 0.25) is 0 Å². The number of aromatic nitrogens is 7. The number of methoxy groups -OCH3 is 2. The van der Waals surface area contributed by atoms with Crippen LogP contribution < -0.4 is 0 Å². The average molecular weight is 1940 g/mol. The predicted octanol–water partition coefficient (Wildman–Crippen LogP) is 17.1. The Balaban J connectivity index is 0.000000103. The number of pyridine rings is 4. The molecule has 12 aliphatic carbocycles. The molecule has 24 atom stereocenters. The van der Waals surface area contributed by atoms with Gasteiger partial charge in [-0.1, -0.05) is 62.4 Å². The van der Waals surface area contributed by atoms with Crippen LogP contribution >= 0.6 is 11.3 Å². The predicted molar refractivity (Wildman–Crippen MR) is 509 cm³/mol. The summed E-state index contributed by atoms with van der Waals surface area (Å²) in [5.41, 5.74) is 4.08. The van der Waals surface area contributed by atoms with Crippen LogP contribution in [0.25, 0.3) is 11.0 Å². The molecule has 30 heteroatoms. The Morgan fingerprint density at radius 2 is 0.821 bits per heavy atom. The normalized spacial score (nSPS) is 36.8. The summed E-state index contributed by atoms with van der Waals surface area (Å²) in [7, 11) is 3.38. The quantitative estimate of drug-likeness (QED) is 0.0459. The lowest BCUT2D eigenvalue weighted by Gasteiger charge is -2.42. The van der Waals surface area contributed by atoms with E-state index in [1.165, 1.54) is 26.0 Å². The molecule has 6 aromatic heterocycles. The maximum Gasteiger partial charge on any atom is 0.337 e. The Hall–Kier alpha value is -10.3. The molecule has 1 N–H and O–H groups in total. The third kappa shape index (κ3) is 17.7. The molecule has 12 fully saturated rings. The summed E-state index contributed by atoms with van der Waals surface area (Å²) in [6.45, 7) is 20.2. The van der Waals surface area contributed by atoms with Gasteiger partial charge in [-0.3, -0.25) is 19.9 Å². The molecule has 140 heavy (non-hydrogen) atoms. The molecule has 25 rings (SSSR count). The number of ether oxygens (including phenoxy) is 14. The molecule has 6 unspecified atom stereocenters. The van der Waals surface area contributed by atoms with Crippen LogP contribution in [0.4, 0.5) is 8.78 Å². The summed E-state index contributed by atoms with van der Waals surface area (Å²) in [4.78, 5) is 104. The number of hydrogen-bond acceptors (Lipinski definition) is 27. The maximum atomic E-state index is 14.7. The Kier molecular flexibility index (Phi) is 26.5. The van der Waals surface area contributed by atoms with Crippen LogP contribution in [0.1, 0.15) is 207 Å². The third-order valence-corrected chi connectivity index (χ3v) is 33.9. The number of imidazole rings is 1. The fourth-order valence-electron chi connectivity index (χ4n) is 26.9. The van der Waals surface area contributed by atoms with E-state index in [1.807, 2.05) is 150 Å². The summed E-state index contributed by atoms with van der Waals surface area (Å²) in [6, 6.07) is 25.6. The number of para-hydroxylation sites is 2. The molecule has 12 heterocycles. The van der Waals surface area contributed by atoms with Crippen LogP contribution in [-0.2, 0) is 134 Å². The van der Waals surface area contributed by atoms with Crippen molar-refractivity contribution in [2.24, 2.45) is 47.3 Å². The number of H-pyrrole nitrogens is 1. The second-order valence-corrected chi connectivity index (χ2v) is 43.8. The number of rotatable bonds is 23. The molecule has 742 valence electrons. The number of fused-ring (bicyclic) bond motifs is 1. The first kappa shape index (κ1) is 97.2. The van der Waals surface area contributed by atoms with E-state index in [4.69, 9.17) is 66.3 Å². The van der Waals surface area contributed by atoms with Crippen LogP contribution in [0.3, 0.4) is 0 Å². The second-order valence-electron chi connectivity index (χ2n) is 42.5. The minimum atomic E-state index is -1.50. The maximum absolute atomic E-state index is 14.7. The highest BCUT2D eigenvalue weighted by Gasteiger charge is 2.72. The zero-order valence-corrected chi connectivity index (χ0v) is 82.4. The number of carbonyl (C=O) groups excluding carboxylic acids is 6. The number of aromatic amines is 1. The smallest absolute Gasteiger partial charge is 0.337 e. The number of nitrogens with zero attached hydrogens (tertiary/aromatic N) is 6. The highest BCUT2D eigenvalue weighted by atomic mass is 32.1. The van der Waals surface area contributed by atoms with Gasteiger partial charge < -0.3 is 71.3 Å². The molecule has 27 nitrogen and oxygen atoms in total. The molecule has 0 radical (unpaired) electrons. The van der Waals surface area contributed by atoms with Gasteiger partial charge in [0.1, 0.15) is 94.0 Å². The van der Waals surface area contributed by atoms with E-state index in [1.54, 1.807) is 38.0 Å². The van der Waals surface area contributed by atoms with Gasteiger partial charge >= 0.3 is 35.8 Å². The molecule has 7 aromatic rings. The van der Waals surface area contributed by atoms with Gasteiger partial charge in [0, 0.05) is 74.9 Å². The number of halogens is 2. The SMILES string of the molecule is CO[C@]1(C)C=C2C(=O)O[C@@H]3CCC(C1)[C@]23OCCc1cccnc1.CO[C@]1(C)C=C2C(=O)O[C@@H]3CCC(C1)[C@]23OCc1ccc(C)nc1.C[C@@]1(F)C=C2C(=O)O[C@@H]3CCC(C1)[C@]23OCCc1cccnc1.C[C@@]1(F)C=C2C(=O)O[C@@H]3CCC(C1)[C@]23OCc1nc2ccccc2[nH]1.Cc1cccc(CCO[C@]23C4=C[C@@H](C)CC2CC[C@H]3OC4=O)n1.Cc1ncc(CO[C@]23C4=C[C@@H](C)CC2CC[C@H]3OC4=O)s1. The Labute approximate surface area is 818 Å². The zero-order chi connectivity index (χ0) is 97.7. The van der Waals surface area contributed by atoms with Crippen molar-refractivity contribution < 1.29 is 104 Å². The number of aryl methyl sites for hydroxylation is 3. The van der Waals surface area contributed by atoms with Gasteiger partial charge in [0.2, 0.25) is 0 Å². The Morgan fingerprint density at radius 1 is 0.400 bits per heavy atom. The Bertz CT molecular complexity index is 6070. The van der Waals surface area contributed by atoms with Gasteiger partial charge in [-0.05, 0) is 308 Å². The first-order valence-corrected chi connectivity index (χ1v) is 51.0. The number of alkyl halides is 2. The first-order valence-electron chi connectivity index (χ1n) is 50.1. The van der Waals surface area contributed by atoms with Crippen molar-refractivity contribution in [1.29, 1.82) is 0 Å². The number of esters is 6. The van der Waals surface area contributed by atoms with Gasteiger partial charge in [-0.25, -0.2) is 47.5 Å². The average Bonchev–Trinajstić information content (AvgIpc) is 1.55. The molecular weight excluding hydrogens is 1810 g/mol. The van der Waals surface area contributed by atoms with Gasteiger partial charge in [0.15, 0.2) is 0 Å². The van der Waals surface area contributed by atoms with E-state index in [9.17, 15) is 37.5 Å². The van der Waals surface area contributed by atoms with E-state index in [-0.39, 0.29) is 90.8 Å². The van der Waals surface area contributed by atoms with Crippen molar-refractivity contribution in [2.45, 2.75) is 310 Å². The van der Waals surface area contributed by atoms with Crippen molar-refractivity contribution in [3.05, 3.63) is 235 Å². The van der Waals surface area contributed by atoms with Crippen LogP contribution in [0, 0.1) is 68.1 Å². The Morgan fingerprint density at radius 3 is 1.26 bits per heavy atom. The number of benzene rings is 1. The van der Waals surface area contributed by atoms with Crippen molar-refractivity contribution in [3.8, 4) is 0 Å². The molecule has 6 aliphatic heterocycles. The van der Waals surface area contributed by atoms with Crippen molar-refractivity contribution in [3.63, 3.8) is 0 Å². The van der Waals surface area contributed by atoms with Crippen molar-refractivity contribution >= 4 is 58.2 Å². The molecule has 0 bridgehead atoms. The monoisotopic (exact) mass is 1940 g/mol. The molecule has 1 aromatic carbocycles. The lowest BCUT2D eigenvalue weighted by molar-refractivity contribution is -0.143. The van der Waals surface area contributed by atoms with Crippen molar-refractivity contribution in [2.75, 3.05) is 34.0 Å². The minimum absolute atomic E-state index is 0.00264. The van der Waals surface area contributed by atoms with Gasteiger partial charge in [0.05, 0.1) is 98.6 Å². The molecule has 0 amide bonds. The summed E-state index contributed by atoms with van der Waals surface area (Å²) < 4.78 is 112. The number of carbonyl (C=O) groups is 6. The largest absolute Gasteiger partial charge is 0.455 e. The van der Waals surface area contributed by atoms with E-state index in [2.05, 4.69) is 60.9 Å². The van der Waals surface area contributed by atoms with E-state index in [0.29, 0.717) is 111 Å². The van der Waals surface area contributed by atoms with Crippen LogP contribution in [-0.4, -0.2) is 198 Å². The number of nitrogens with one attached hydrogen (secondary N) is 1. The topological polar surface area (TPSA) is 325 Å². The number of thiazole rings is 1. The summed E-state index contributed by atoms with van der Waals surface area (Å²) in [5.74, 6) is 1.11. The third-order valence-electron chi connectivity index (χ3n) is 33.1. The van der Waals surface area contributed by atoms with Crippen LogP contribution in [0.15, 0.2) is 186 Å². The fraction of sp³-hybridized carbons (Fsp3) is 0.564. The van der Waals surface area contributed by atoms with E-state index < -0.39 is 68.1 Å². The van der Waals surface area contributed by atoms with Crippen molar-refractivity contribution in [1.82, 2.24) is 34.9 Å². The summed E-state index contributed by atoms with van der Waals surface area (Å²) >= 11 is 1.65. The highest BCUT2D eigenvalue weighted by molar-refractivity contribution is 7.11. The number of allylic oxidation sites excluding steroid dienone is 4. The fourth-order valence-corrected chi connectivity index (χ4v) is 27.6. The molecule has 0 spiro atoms. The van der Waals surface area contributed by atoms with Gasteiger partial charge in [0.25, 0.3) is 0 Å². The summed E-state index contributed by atoms with van der Waals surface area (Å²) in [5, 5.41) is 1.04. The lowest BCUT2D eigenvalue weighted by atomic mass is 9.71. The molecule has 6 saturated heterocycles. The molecule has 6 saturated carbocycles. The molecular formula is C110H127F2N7O20S. The minimum Gasteiger partial charge on any atom is -0.455 e. The molecule has 18 aliphatic rings.